The molecular weight excluding hydrogens is 377 g/mol. The van der Waals surface area contributed by atoms with E-state index in [2.05, 4.69) is 30.6 Å². The number of halogens is 3. The van der Waals surface area contributed by atoms with Crippen molar-refractivity contribution < 1.29 is 8.42 Å². The number of anilines is 1. The maximum absolute atomic E-state index is 12.0. The summed E-state index contributed by atoms with van der Waals surface area (Å²) in [6.45, 7) is 0. The third kappa shape index (κ3) is 3.56. The number of nitrogens with one attached hydrogen (secondary N) is 1. The minimum absolute atomic E-state index is 0.0272. The Morgan fingerprint density at radius 1 is 1.16 bits per heavy atom. The number of hydrogen-bond donors (Lipinski definition) is 1. The van der Waals surface area contributed by atoms with E-state index in [0.29, 0.717) is 0 Å². The fraction of sp³-hybridized carbons (Fsp3) is 0. The van der Waals surface area contributed by atoms with Crippen LogP contribution in [0.5, 0.6) is 0 Å². The van der Waals surface area contributed by atoms with Gasteiger partial charge in [0, 0.05) is 4.47 Å². The Kier molecular flexibility index (Phi) is 4.29. The van der Waals surface area contributed by atoms with Crippen LogP contribution in [0.15, 0.2) is 40.0 Å². The summed E-state index contributed by atoms with van der Waals surface area (Å²) < 4.78 is 27.2. The molecule has 100 valence electrons. The summed E-state index contributed by atoms with van der Waals surface area (Å²) in [6, 6.07) is 4.79. The molecule has 1 aromatic heterocycles. The van der Waals surface area contributed by atoms with Gasteiger partial charge in [-0.25, -0.2) is 18.4 Å². The van der Waals surface area contributed by atoms with Gasteiger partial charge in [0.15, 0.2) is 0 Å². The summed E-state index contributed by atoms with van der Waals surface area (Å²) in [4.78, 5) is 7.14. The molecule has 0 amide bonds. The standard InChI is InChI=1S/C10H6BrCl2N3O2S/c11-6-1-2-9(8(12)3-6)16-19(17,18)7-4-14-10(13)15-5-7/h1-5,16H. The predicted molar refractivity (Wildman–Crippen MR) is 77.0 cm³/mol. The molecule has 19 heavy (non-hydrogen) atoms. The molecule has 0 saturated carbocycles. The Morgan fingerprint density at radius 3 is 2.37 bits per heavy atom. The highest BCUT2D eigenvalue weighted by Gasteiger charge is 2.16. The number of sulfonamides is 1. The number of benzene rings is 1. The predicted octanol–water partition coefficient (Wildman–Crippen LogP) is 3.35. The molecule has 0 aliphatic heterocycles. The molecule has 0 aliphatic rings. The van der Waals surface area contributed by atoms with Gasteiger partial charge >= 0.3 is 0 Å². The molecule has 0 aliphatic carbocycles. The van der Waals surface area contributed by atoms with Crippen LogP contribution < -0.4 is 4.72 Å². The van der Waals surface area contributed by atoms with Gasteiger partial charge in [0.1, 0.15) is 4.90 Å². The summed E-state index contributed by atoms with van der Waals surface area (Å²) in [7, 11) is -3.80. The average Bonchev–Trinajstić information content (AvgIpc) is 2.33. The van der Waals surface area contributed by atoms with Gasteiger partial charge in [0.25, 0.3) is 10.0 Å². The van der Waals surface area contributed by atoms with Crippen LogP contribution in [0.1, 0.15) is 0 Å². The SMILES string of the molecule is O=S(=O)(Nc1ccc(Br)cc1Cl)c1cnc(Cl)nc1. The Bertz CT molecular complexity index is 707. The Hall–Kier alpha value is -0.890. The Balaban J connectivity index is 2.33. The summed E-state index contributed by atoms with van der Waals surface area (Å²) >= 11 is 14.7. The minimum atomic E-state index is -3.80. The highest BCUT2D eigenvalue weighted by Crippen LogP contribution is 2.27. The van der Waals surface area contributed by atoms with Gasteiger partial charge < -0.3 is 0 Å². The van der Waals surface area contributed by atoms with Crippen molar-refractivity contribution in [2.75, 3.05) is 4.72 Å². The fourth-order valence-electron chi connectivity index (χ4n) is 1.22. The summed E-state index contributed by atoms with van der Waals surface area (Å²) in [5.41, 5.74) is 0.264. The topological polar surface area (TPSA) is 72.0 Å². The molecule has 2 aromatic rings. The maximum Gasteiger partial charge on any atom is 0.265 e. The van der Waals surface area contributed by atoms with Crippen LogP contribution in [0.25, 0.3) is 0 Å². The summed E-state index contributed by atoms with van der Waals surface area (Å²) in [6.07, 6.45) is 2.23. The lowest BCUT2D eigenvalue weighted by Gasteiger charge is -2.09. The second kappa shape index (κ2) is 5.62. The van der Waals surface area contributed by atoms with Crippen molar-refractivity contribution in [2.24, 2.45) is 0 Å². The molecule has 2 rings (SSSR count). The van der Waals surface area contributed by atoms with Gasteiger partial charge in [-0.05, 0) is 29.8 Å². The van der Waals surface area contributed by atoms with Crippen molar-refractivity contribution in [2.45, 2.75) is 4.90 Å². The first-order chi connectivity index (χ1) is 8.88. The zero-order chi connectivity index (χ0) is 14.0. The largest absolute Gasteiger partial charge is 0.278 e. The van der Waals surface area contributed by atoms with Crippen LogP contribution in [0, 0.1) is 0 Å². The average molecular weight is 383 g/mol. The van der Waals surface area contributed by atoms with Gasteiger partial charge in [-0.1, -0.05) is 27.5 Å². The number of aromatic nitrogens is 2. The fourth-order valence-corrected chi connectivity index (χ4v) is 3.06. The third-order valence-corrected chi connectivity index (χ3v) is 4.40. The van der Waals surface area contributed by atoms with E-state index in [1.54, 1.807) is 18.2 Å². The van der Waals surface area contributed by atoms with Crippen molar-refractivity contribution in [1.29, 1.82) is 0 Å². The molecule has 0 unspecified atom stereocenters. The molecule has 9 heteroatoms. The normalized spacial score (nSPS) is 11.3. The Morgan fingerprint density at radius 2 is 1.79 bits per heavy atom. The molecule has 0 fully saturated rings. The van der Waals surface area contributed by atoms with Crippen molar-refractivity contribution in [3.63, 3.8) is 0 Å². The zero-order valence-electron chi connectivity index (χ0n) is 9.14. The van der Waals surface area contributed by atoms with E-state index in [9.17, 15) is 8.42 Å². The lowest BCUT2D eigenvalue weighted by molar-refractivity contribution is 0.600. The molecule has 1 N–H and O–H groups in total. The van der Waals surface area contributed by atoms with Crippen LogP contribution in [-0.2, 0) is 10.0 Å². The van der Waals surface area contributed by atoms with Crippen LogP contribution in [0.2, 0.25) is 10.3 Å². The second-order valence-corrected chi connectivity index (χ2v) is 6.76. The highest BCUT2D eigenvalue weighted by molar-refractivity contribution is 9.10. The lowest BCUT2D eigenvalue weighted by atomic mass is 10.3. The van der Waals surface area contributed by atoms with Crippen molar-refractivity contribution in [1.82, 2.24) is 9.97 Å². The van der Waals surface area contributed by atoms with Gasteiger partial charge in [-0.3, -0.25) is 4.72 Å². The van der Waals surface area contributed by atoms with Gasteiger partial charge in [-0.2, -0.15) is 0 Å². The minimum Gasteiger partial charge on any atom is -0.278 e. The molecule has 0 spiro atoms. The summed E-state index contributed by atoms with van der Waals surface area (Å²) in [5, 5.41) is 0.244. The first-order valence-electron chi connectivity index (χ1n) is 4.84. The van der Waals surface area contributed by atoms with Crippen LogP contribution in [-0.4, -0.2) is 18.4 Å². The third-order valence-electron chi connectivity index (χ3n) is 2.08. The maximum atomic E-state index is 12.0. The molecule has 1 aromatic carbocycles. The first-order valence-corrected chi connectivity index (χ1v) is 7.87. The number of rotatable bonds is 3. The quantitative estimate of drug-likeness (QED) is 0.826. The molecule has 0 atom stereocenters. The molecule has 0 saturated heterocycles. The molecule has 0 bridgehead atoms. The summed E-state index contributed by atoms with van der Waals surface area (Å²) in [5.74, 6) is 0. The van der Waals surface area contributed by atoms with E-state index < -0.39 is 10.0 Å². The molecule has 0 radical (unpaired) electrons. The van der Waals surface area contributed by atoms with Crippen LogP contribution >= 0.6 is 39.1 Å². The van der Waals surface area contributed by atoms with Crippen LogP contribution in [0.4, 0.5) is 5.69 Å². The van der Waals surface area contributed by atoms with E-state index in [4.69, 9.17) is 23.2 Å². The number of nitrogens with zero attached hydrogens (tertiary/aromatic N) is 2. The first kappa shape index (κ1) is 14.5. The van der Waals surface area contributed by atoms with E-state index in [-0.39, 0.29) is 20.9 Å². The second-order valence-electron chi connectivity index (χ2n) is 3.42. The number of hydrogen-bond acceptors (Lipinski definition) is 4. The van der Waals surface area contributed by atoms with Crippen molar-refractivity contribution in [3.05, 3.63) is 45.4 Å². The van der Waals surface area contributed by atoms with Crippen LogP contribution in [0.3, 0.4) is 0 Å². The van der Waals surface area contributed by atoms with Gasteiger partial charge in [0.2, 0.25) is 5.28 Å². The molecular formula is C10H6BrCl2N3O2S. The lowest BCUT2D eigenvalue weighted by Crippen LogP contribution is -2.13. The molecule has 1 heterocycles. The van der Waals surface area contributed by atoms with Gasteiger partial charge in [-0.15, -0.1) is 0 Å². The van der Waals surface area contributed by atoms with E-state index >= 15 is 0 Å². The molecule has 5 nitrogen and oxygen atoms in total. The van der Waals surface area contributed by atoms with E-state index in [1.807, 2.05) is 0 Å². The van der Waals surface area contributed by atoms with Crippen molar-refractivity contribution in [3.8, 4) is 0 Å². The van der Waals surface area contributed by atoms with E-state index in [1.165, 1.54) is 0 Å². The monoisotopic (exact) mass is 381 g/mol. The smallest absolute Gasteiger partial charge is 0.265 e. The van der Waals surface area contributed by atoms with E-state index in [0.717, 1.165) is 16.9 Å². The van der Waals surface area contributed by atoms with Gasteiger partial charge in [0.05, 0.1) is 23.1 Å². The van der Waals surface area contributed by atoms with Crippen molar-refractivity contribution >= 4 is 54.8 Å². The highest BCUT2D eigenvalue weighted by atomic mass is 79.9. The zero-order valence-corrected chi connectivity index (χ0v) is 13.1. The Labute approximate surface area is 128 Å².